The van der Waals surface area contributed by atoms with Gasteiger partial charge in [0.25, 0.3) is 0 Å². The minimum absolute atomic E-state index is 0.162. The minimum Gasteiger partial charge on any atom is -0.744 e. The molecule has 0 radical (unpaired) electrons. The van der Waals surface area contributed by atoms with E-state index in [1.807, 2.05) is 0 Å². The van der Waals surface area contributed by atoms with Crippen molar-refractivity contribution in [3.8, 4) is 0 Å². The zero-order valence-electron chi connectivity index (χ0n) is 8.23. The van der Waals surface area contributed by atoms with E-state index in [-0.39, 0.29) is 4.90 Å². The average molecular weight is 213 g/mol. The molecular formula is C10H13O3S-. The summed E-state index contributed by atoms with van der Waals surface area (Å²) in [6.07, 6.45) is 0.990. The van der Waals surface area contributed by atoms with Gasteiger partial charge in [0.2, 0.25) is 0 Å². The first kappa shape index (κ1) is 11.2. The lowest BCUT2D eigenvalue weighted by Crippen LogP contribution is -1.99. The van der Waals surface area contributed by atoms with Crippen LogP contribution in [0.3, 0.4) is 0 Å². The fourth-order valence-corrected chi connectivity index (χ4v) is 1.67. The maximum absolute atomic E-state index is 10.6. The molecule has 0 bridgehead atoms. The third-order valence-electron chi connectivity index (χ3n) is 2.35. The molecule has 1 atom stereocenters. The molecule has 4 heteroatoms. The summed E-state index contributed by atoms with van der Waals surface area (Å²) in [6, 6.07) is 6.12. The molecule has 1 aromatic rings. The predicted octanol–water partition coefficient (Wildman–Crippen LogP) is 2.10. The van der Waals surface area contributed by atoms with E-state index in [9.17, 15) is 13.0 Å². The van der Waals surface area contributed by atoms with Crippen molar-refractivity contribution in [3.05, 3.63) is 29.8 Å². The van der Waals surface area contributed by atoms with Gasteiger partial charge < -0.3 is 4.55 Å². The van der Waals surface area contributed by atoms with Crippen LogP contribution in [0.1, 0.15) is 31.7 Å². The normalized spacial score (nSPS) is 13.9. The van der Waals surface area contributed by atoms with Crippen molar-refractivity contribution in [2.24, 2.45) is 0 Å². The van der Waals surface area contributed by atoms with Gasteiger partial charge in [0.1, 0.15) is 10.1 Å². The van der Waals surface area contributed by atoms with Crippen molar-refractivity contribution in [3.63, 3.8) is 0 Å². The molecule has 0 aromatic heterocycles. The van der Waals surface area contributed by atoms with E-state index in [0.717, 1.165) is 12.0 Å². The summed E-state index contributed by atoms with van der Waals surface area (Å²) in [5.41, 5.74) is 1.06. The van der Waals surface area contributed by atoms with Crippen molar-refractivity contribution in [1.82, 2.24) is 0 Å². The van der Waals surface area contributed by atoms with Gasteiger partial charge in [0.15, 0.2) is 0 Å². The summed E-state index contributed by atoms with van der Waals surface area (Å²) < 4.78 is 31.9. The summed E-state index contributed by atoms with van der Waals surface area (Å²) in [6.45, 7) is 4.11. The van der Waals surface area contributed by atoms with Crippen LogP contribution in [0.2, 0.25) is 0 Å². The van der Waals surface area contributed by atoms with Gasteiger partial charge in [0.05, 0.1) is 4.90 Å². The Hall–Kier alpha value is -0.870. The second-order valence-electron chi connectivity index (χ2n) is 3.33. The van der Waals surface area contributed by atoms with Crippen LogP contribution in [-0.2, 0) is 10.1 Å². The zero-order chi connectivity index (χ0) is 10.8. The molecule has 3 nitrogen and oxygen atoms in total. The van der Waals surface area contributed by atoms with Crippen LogP contribution in [-0.4, -0.2) is 13.0 Å². The Bertz CT molecular complexity index is 392. The van der Waals surface area contributed by atoms with Crippen LogP contribution in [0.5, 0.6) is 0 Å². The van der Waals surface area contributed by atoms with Crippen molar-refractivity contribution < 1.29 is 13.0 Å². The van der Waals surface area contributed by atoms with Gasteiger partial charge in [-0.1, -0.05) is 26.0 Å². The second kappa shape index (κ2) is 4.11. The Kier molecular flexibility index (Phi) is 3.29. The van der Waals surface area contributed by atoms with Crippen LogP contribution < -0.4 is 0 Å². The quantitative estimate of drug-likeness (QED) is 0.722. The molecule has 78 valence electrons. The van der Waals surface area contributed by atoms with Crippen LogP contribution in [0.15, 0.2) is 29.2 Å². The van der Waals surface area contributed by atoms with Crippen LogP contribution in [0, 0.1) is 0 Å². The largest absolute Gasteiger partial charge is 0.744 e. The highest BCUT2D eigenvalue weighted by Gasteiger charge is 2.04. The van der Waals surface area contributed by atoms with Crippen LogP contribution in [0.25, 0.3) is 0 Å². The SMILES string of the molecule is CC[C@@H](C)c1ccc(S(=O)(=O)[O-])cc1. The van der Waals surface area contributed by atoms with Gasteiger partial charge in [-0.3, -0.25) is 0 Å². The fourth-order valence-electron chi connectivity index (χ4n) is 1.20. The molecule has 0 aliphatic carbocycles. The third kappa shape index (κ3) is 2.56. The van der Waals surface area contributed by atoms with E-state index in [0.29, 0.717) is 5.92 Å². The first-order chi connectivity index (χ1) is 6.45. The highest BCUT2D eigenvalue weighted by atomic mass is 32.2. The fraction of sp³-hybridized carbons (Fsp3) is 0.400. The summed E-state index contributed by atoms with van der Waals surface area (Å²) in [5.74, 6) is 0.387. The smallest absolute Gasteiger partial charge is 0.124 e. The molecule has 0 heterocycles. The third-order valence-corrected chi connectivity index (χ3v) is 3.20. The van der Waals surface area contributed by atoms with E-state index < -0.39 is 10.1 Å². The summed E-state index contributed by atoms with van der Waals surface area (Å²) in [5, 5.41) is 0. The molecular weight excluding hydrogens is 200 g/mol. The van der Waals surface area contributed by atoms with Gasteiger partial charge >= 0.3 is 0 Å². The molecule has 0 aliphatic rings. The molecule has 0 fully saturated rings. The van der Waals surface area contributed by atoms with Gasteiger partial charge in [0, 0.05) is 0 Å². The maximum Gasteiger partial charge on any atom is 0.124 e. The second-order valence-corrected chi connectivity index (χ2v) is 4.71. The number of rotatable bonds is 3. The van der Waals surface area contributed by atoms with E-state index >= 15 is 0 Å². The number of hydrogen-bond donors (Lipinski definition) is 0. The minimum atomic E-state index is -4.30. The van der Waals surface area contributed by atoms with Gasteiger partial charge in [-0.2, -0.15) is 0 Å². The van der Waals surface area contributed by atoms with E-state index in [4.69, 9.17) is 0 Å². The molecule has 0 unspecified atom stereocenters. The average Bonchev–Trinajstić information content (AvgIpc) is 2.15. The van der Waals surface area contributed by atoms with E-state index in [1.165, 1.54) is 12.1 Å². The monoisotopic (exact) mass is 213 g/mol. The van der Waals surface area contributed by atoms with Crippen molar-refractivity contribution >= 4 is 10.1 Å². The highest BCUT2D eigenvalue weighted by molar-refractivity contribution is 7.85. The van der Waals surface area contributed by atoms with Crippen LogP contribution in [0.4, 0.5) is 0 Å². The number of benzene rings is 1. The van der Waals surface area contributed by atoms with Crippen LogP contribution >= 0.6 is 0 Å². The maximum atomic E-state index is 10.6. The molecule has 0 saturated carbocycles. The Morgan fingerprint density at radius 2 is 1.79 bits per heavy atom. The highest BCUT2D eigenvalue weighted by Crippen LogP contribution is 2.20. The van der Waals surface area contributed by atoms with Gasteiger partial charge in [-0.05, 0) is 30.0 Å². The first-order valence-corrected chi connectivity index (χ1v) is 5.92. The van der Waals surface area contributed by atoms with Crippen molar-refractivity contribution in [2.75, 3.05) is 0 Å². The molecule has 0 saturated heterocycles. The van der Waals surface area contributed by atoms with E-state index in [1.54, 1.807) is 12.1 Å². The van der Waals surface area contributed by atoms with E-state index in [2.05, 4.69) is 13.8 Å². The Balaban J connectivity index is 3.01. The Labute approximate surface area is 84.5 Å². The van der Waals surface area contributed by atoms with Crippen molar-refractivity contribution in [1.29, 1.82) is 0 Å². The van der Waals surface area contributed by atoms with Crippen molar-refractivity contribution in [2.45, 2.75) is 31.1 Å². The summed E-state index contributed by atoms with van der Waals surface area (Å²) in [7, 11) is -4.30. The topological polar surface area (TPSA) is 57.2 Å². The van der Waals surface area contributed by atoms with Gasteiger partial charge in [-0.15, -0.1) is 0 Å². The molecule has 1 aromatic carbocycles. The zero-order valence-corrected chi connectivity index (χ0v) is 9.04. The number of hydrogen-bond acceptors (Lipinski definition) is 3. The summed E-state index contributed by atoms with van der Waals surface area (Å²) in [4.78, 5) is -0.162. The molecule has 0 amide bonds. The molecule has 0 spiro atoms. The summed E-state index contributed by atoms with van der Waals surface area (Å²) >= 11 is 0. The molecule has 14 heavy (non-hydrogen) atoms. The Morgan fingerprint density at radius 3 is 2.14 bits per heavy atom. The van der Waals surface area contributed by atoms with Gasteiger partial charge in [-0.25, -0.2) is 8.42 Å². The lowest BCUT2D eigenvalue weighted by atomic mass is 9.99. The molecule has 0 N–H and O–H groups in total. The molecule has 1 rings (SSSR count). The Morgan fingerprint density at radius 1 is 1.29 bits per heavy atom. The standard InChI is InChI=1S/C10H14O3S/c1-3-8(2)9-4-6-10(7-5-9)14(11,12)13/h4-8H,3H2,1-2H3,(H,11,12,13)/p-1/t8-/m1/s1. The lowest BCUT2D eigenvalue weighted by molar-refractivity contribution is 0.463. The predicted molar refractivity (Wildman–Crippen MR) is 53.1 cm³/mol. The molecule has 0 aliphatic heterocycles. The lowest BCUT2D eigenvalue weighted by Gasteiger charge is -2.11. The first-order valence-electron chi connectivity index (χ1n) is 4.51.